The number of benzene rings is 1. The molecule has 0 unspecified atom stereocenters. The predicted octanol–water partition coefficient (Wildman–Crippen LogP) is 3.33. The lowest BCUT2D eigenvalue weighted by atomic mass is 9.74. The molecular formula is C21H27ClN6OS. The number of fused-ring (bicyclic) bond motifs is 1. The fourth-order valence-corrected chi connectivity index (χ4v) is 5.95. The minimum absolute atomic E-state index is 0. The molecule has 2 aliphatic rings. The number of hydrogen-bond donors (Lipinski definition) is 2. The number of nitrogens with zero attached hydrogens (tertiary/aromatic N) is 4. The summed E-state index contributed by atoms with van der Waals surface area (Å²) in [7, 11) is 1.82. The monoisotopic (exact) mass is 446 g/mol. The number of rotatable bonds is 3. The second kappa shape index (κ2) is 8.24. The van der Waals surface area contributed by atoms with Crippen molar-refractivity contribution >= 4 is 41.0 Å². The van der Waals surface area contributed by atoms with Crippen LogP contribution in [-0.2, 0) is 7.05 Å². The molecule has 0 amide bonds. The molecule has 1 aliphatic carbocycles. The van der Waals surface area contributed by atoms with Gasteiger partial charge in [-0.25, -0.2) is 4.98 Å². The van der Waals surface area contributed by atoms with Gasteiger partial charge < -0.3 is 10.6 Å². The minimum Gasteiger partial charge on any atom is -0.342 e. The zero-order valence-corrected chi connectivity index (χ0v) is 18.6. The van der Waals surface area contributed by atoms with Gasteiger partial charge in [-0.3, -0.25) is 14.5 Å². The Hall–Kier alpha value is -2.03. The Morgan fingerprint density at radius 1 is 1.20 bits per heavy atom. The Bertz CT molecular complexity index is 1100. The zero-order chi connectivity index (χ0) is 20.0. The topological polar surface area (TPSA) is 92.8 Å². The Balaban J connectivity index is 0.00000218. The van der Waals surface area contributed by atoms with Gasteiger partial charge in [-0.2, -0.15) is 5.10 Å². The van der Waals surface area contributed by atoms with Crippen LogP contribution in [0.1, 0.15) is 32.1 Å². The first kappa shape index (κ1) is 21.2. The molecule has 0 radical (unpaired) electrons. The van der Waals surface area contributed by atoms with Crippen LogP contribution in [0, 0.1) is 5.41 Å². The van der Waals surface area contributed by atoms with Crippen LogP contribution >= 0.6 is 24.2 Å². The molecule has 1 spiro atoms. The Kier molecular flexibility index (Phi) is 5.83. The summed E-state index contributed by atoms with van der Waals surface area (Å²) in [5.74, 6) is 0.752. The Morgan fingerprint density at radius 3 is 2.73 bits per heavy atom. The summed E-state index contributed by atoms with van der Waals surface area (Å²) in [6.45, 7) is 1.82. The summed E-state index contributed by atoms with van der Waals surface area (Å²) in [5, 5.41) is 8.08. The number of halogens is 1. The van der Waals surface area contributed by atoms with E-state index in [0.717, 1.165) is 54.1 Å². The van der Waals surface area contributed by atoms with Gasteiger partial charge in [-0.15, -0.1) is 12.4 Å². The maximum Gasteiger partial charge on any atom is 0.268 e. The zero-order valence-electron chi connectivity index (χ0n) is 17.0. The highest BCUT2D eigenvalue weighted by atomic mass is 35.5. The molecule has 7 nitrogen and oxygen atoms in total. The molecule has 160 valence electrons. The van der Waals surface area contributed by atoms with E-state index in [2.05, 4.69) is 20.1 Å². The third-order valence-electron chi connectivity index (χ3n) is 6.80. The molecule has 0 bridgehead atoms. The van der Waals surface area contributed by atoms with Crippen molar-refractivity contribution in [1.29, 1.82) is 0 Å². The summed E-state index contributed by atoms with van der Waals surface area (Å²) < 4.78 is 1.68. The van der Waals surface area contributed by atoms with Crippen LogP contribution in [0.3, 0.4) is 0 Å². The number of H-pyrrole nitrogens is 1. The number of nitrogens with two attached hydrogens (primary N) is 1. The smallest absolute Gasteiger partial charge is 0.268 e. The standard InChI is InChI=1S/C21H26N6OS.ClH/c1-26-19(28)17(29-16-5-2-4-15-14(16)12-24-25-15)13-23-20(26)27-10-8-21(9-11-27)7-3-6-18(21)22;/h2,4-5,12-13,18H,3,6-11,22H2,1H3,(H,24,25);1H/t18-;/m1./s1. The summed E-state index contributed by atoms with van der Waals surface area (Å²) in [5.41, 5.74) is 7.66. The lowest BCUT2D eigenvalue weighted by Gasteiger charge is -2.42. The summed E-state index contributed by atoms with van der Waals surface area (Å²) in [6.07, 6.45) is 9.31. The van der Waals surface area contributed by atoms with E-state index in [0.29, 0.717) is 16.4 Å². The number of nitrogens with one attached hydrogen (secondary N) is 1. The van der Waals surface area contributed by atoms with Crippen LogP contribution in [0.2, 0.25) is 0 Å². The van der Waals surface area contributed by atoms with Crippen LogP contribution in [0.15, 0.2) is 45.2 Å². The van der Waals surface area contributed by atoms with Crippen molar-refractivity contribution in [2.75, 3.05) is 18.0 Å². The molecule has 3 aromatic rings. The molecule has 2 aromatic heterocycles. The number of hydrogen-bond acceptors (Lipinski definition) is 6. The third kappa shape index (κ3) is 3.50. The number of piperidine rings is 1. The van der Waals surface area contributed by atoms with E-state index in [1.165, 1.54) is 24.6 Å². The van der Waals surface area contributed by atoms with Crippen LogP contribution in [-0.4, -0.2) is 38.9 Å². The average molecular weight is 447 g/mol. The molecule has 2 fully saturated rings. The Labute approximate surface area is 185 Å². The fourth-order valence-electron chi connectivity index (χ4n) is 4.97. The summed E-state index contributed by atoms with van der Waals surface area (Å²) in [4.78, 5) is 21.6. The molecule has 9 heteroatoms. The van der Waals surface area contributed by atoms with Gasteiger partial charge in [0.05, 0.1) is 22.8 Å². The maximum absolute atomic E-state index is 13.0. The van der Waals surface area contributed by atoms with E-state index in [1.54, 1.807) is 17.0 Å². The van der Waals surface area contributed by atoms with Gasteiger partial charge in [-0.05, 0) is 43.2 Å². The molecule has 1 saturated heterocycles. The van der Waals surface area contributed by atoms with E-state index in [9.17, 15) is 4.79 Å². The lowest BCUT2D eigenvalue weighted by molar-refractivity contribution is 0.196. The second-order valence-corrected chi connectivity index (χ2v) is 9.41. The normalized spacial score (nSPS) is 20.6. The van der Waals surface area contributed by atoms with Crippen molar-refractivity contribution in [3.05, 3.63) is 40.9 Å². The van der Waals surface area contributed by atoms with Crippen molar-refractivity contribution < 1.29 is 0 Å². The van der Waals surface area contributed by atoms with E-state index < -0.39 is 0 Å². The second-order valence-electron chi connectivity index (χ2n) is 8.32. The van der Waals surface area contributed by atoms with Gasteiger partial charge in [0.15, 0.2) is 0 Å². The Morgan fingerprint density at radius 2 is 2.00 bits per heavy atom. The van der Waals surface area contributed by atoms with Crippen molar-refractivity contribution in [1.82, 2.24) is 19.7 Å². The summed E-state index contributed by atoms with van der Waals surface area (Å²) in [6, 6.07) is 6.27. The predicted molar refractivity (Wildman–Crippen MR) is 123 cm³/mol. The molecule has 1 aromatic carbocycles. The molecule has 3 N–H and O–H groups in total. The highest BCUT2D eigenvalue weighted by Crippen LogP contribution is 2.45. The van der Waals surface area contributed by atoms with E-state index in [-0.39, 0.29) is 18.0 Å². The molecule has 30 heavy (non-hydrogen) atoms. The highest BCUT2D eigenvalue weighted by molar-refractivity contribution is 7.99. The SMILES string of the molecule is Cl.Cn1c(N2CCC3(CCC[C@H]3N)CC2)ncc(Sc2cccc3[nH]ncc23)c1=O. The first-order chi connectivity index (χ1) is 14.1. The molecular weight excluding hydrogens is 420 g/mol. The highest BCUT2D eigenvalue weighted by Gasteiger charge is 2.43. The van der Waals surface area contributed by atoms with Gasteiger partial charge in [-0.1, -0.05) is 24.2 Å². The van der Waals surface area contributed by atoms with Gasteiger partial charge >= 0.3 is 0 Å². The molecule has 1 saturated carbocycles. The average Bonchev–Trinajstić information content (AvgIpc) is 3.35. The van der Waals surface area contributed by atoms with Crippen molar-refractivity contribution in [2.24, 2.45) is 18.2 Å². The molecule has 5 rings (SSSR count). The van der Waals surface area contributed by atoms with Gasteiger partial charge in [0.25, 0.3) is 5.56 Å². The lowest BCUT2D eigenvalue weighted by Crippen LogP contribution is -2.48. The first-order valence-corrected chi connectivity index (χ1v) is 11.1. The fraction of sp³-hybridized carbons (Fsp3) is 0.476. The molecule has 1 aliphatic heterocycles. The number of aromatic amines is 1. The number of anilines is 1. The minimum atomic E-state index is -0.0154. The van der Waals surface area contributed by atoms with E-state index in [1.807, 2.05) is 25.2 Å². The van der Waals surface area contributed by atoms with Gasteiger partial charge in [0.2, 0.25) is 5.95 Å². The van der Waals surface area contributed by atoms with Crippen molar-refractivity contribution in [3.8, 4) is 0 Å². The maximum atomic E-state index is 13.0. The van der Waals surface area contributed by atoms with Crippen LogP contribution in [0.4, 0.5) is 5.95 Å². The van der Waals surface area contributed by atoms with Crippen molar-refractivity contribution in [3.63, 3.8) is 0 Å². The van der Waals surface area contributed by atoms with Gasteiger partial charge in [0, 0.05) is 36.5 Å². The quantitative estimate of drug-likeness (QED) is 0.641. The molecule has 1 atom stereocenters. The van der Waals surface area contributed by atoms with Crippen LogP contribution < -0.4 is 16.2 Å². The number of aromatic nitrogens is 4. The van der Waals surface area contributed by atoms with Gasteiger partial charge in [0.1, 0.15) is 0 Å². The molecule has 3 heterocycles. The van der Waals surface area contributed by atoms with Crippen molar-refractivity contribution in [2.45, 2.75) is 47.9 Å². The van der Waals surface area contributed by atoms with E-state index in [4.69, 9.17) is 5.73 Å². The van der Waals surface area contributed by atoms with Crippen LogP contribution in [0.25, 0.3) is 10.9 Å². The van der Waals surface area contributed by atoms with Crippen LogP contribution in [0.5, 0.6) is 0 Å². The first-order valence-electron chi connectivity index (χ1n) is 10.2. The summed E-state index contributed by atoms with van der Waals surface area (Å²) >= 11 is 1.44. The third-order valence-corrected chi connectivity index (χ3v) is 7.87. The largest absolute Gasteiger partial charge is 0.342 e. The van der Waals surface area contributed by atoms with E-state index >= 15 is 0 Å².